The Labute approximate surface area is 152 Å². The van der Waals surface area contributed by atoms with E-state index in [-0.39, 0.29) is 30.2 Å². The highest BCUT2D eigenvalue weighted by Gasteiger charge is 2.28. The highest BCUT2D eigenvalue weighted by molar-refractivity contribution is 5.79. The lowest BCUT2D eigenvalue weighted by molar-refractivity contribution is -0.126. The lowest BCUT2D eigenvalue weighted by atomic mass is 10.1. The second-order valence-electron chi connectivity index (χ2n) is 6.74. The number of H-pyrrole nitrogens is 1. The van der Waals surface area contributed by atoms with Crippen LogP contribution in [0.5, 0.6) is 0 Å². The maximum absolute atomic E-state index is 12.4. The van der Waals surface area contributed by atoms with Crippen LogP contribution >= 0.6 is 0 Å². The normalized spacial score (nSPS) is 20.1. The number of nitrogens with one attached hydrogen (secondary N) is 2. The van der Waals surface area contributed by atoms with E-state index in [1.807, 2.05) is 32.1 Å². The van der Waals surface area contributed by atoms with Crippen LogP contribution in [-0.4, -0.2) is 47.7 Å². The lowest BCUT2D eigenvalue weighted by Gasteiger charge is -2.31. The minimum atomic E-state index is -0.245. The zero-order valence-electron chi connectivity index (χ0n) is 15.2. The summed E-state index contributed by atoms with van der Waals surface area (Å²) in [5.41, 5.74) is 1.71. The molecule has 3 rings (SSSR count). The molecule has 1 fully saturated rings. The largest absolute Gasteiger partial charge is 0.379 e. The zero-order valence-corrected chi connectivity index (χ0v) is 15.2. The molecule has 0 bridgehead atoms. The highest BCUT2D eigenvalue weighted by atomic mass is 16.5. The SMILES string of the molecule is CC(C)=CCO[C@@H]1CCOC[C@@H]1NC(=O)Cn1[nH]c2ccccc2c1=O. The molecule has 26 heavy (non-hydrogen) atoms. The third-order valence-corrected chi connectivity index (χ3v) is 4.40. The molecule has 0 unspecified atom stereocenters. The average molecular weight is 359 g/mol. The first kappa shape index (κ1) is 18.4. The number of rotatable bonds is 6. The number of nitrogens with zero attached hydrogens (tertiary/aromatic N) is 1. The molecule has 2 atom stereocenters. The van der Waals surface area contributed by atoms with Gasteiger partial charge in [0.15, 0.2) is 0 Å². The maximum atomic E-state index is 12.4. The van der Waals surface area contributed by atoms with Crippen molar-refractivity contribution < 1.29 is 14.3 Å². The Hall–Kier alpha value is -2.38. The molecule has 0 aliphatic carbocycles. The molecule has 1 amide bonds. The number of aromatic nitrogens is 2. The van der Waals surface area contributed by atoms with Crippen molar-refractivity contribution >= 4 is 16.8 Å². The number of amides is 1. The minimum absolute atomic E-state index is 0.0648. The molecule has 1 aromatic carbocycles. The summed E-state index contributed by atoms with van der Waals surface area (Å²) in [4.78, 5) is 24.7. The number of fused-ring (bicyclic) bond motifs is 1. The van der Waals surface area contributed by atoms with Gasteiger partial charge in [-0.05, 0) is 32.4 Å². The van der Waals surface area contributed by atoms with Crippen LogP contribution in [0.3, 0.4) is 0 Å². The summed E-state index contributed by atoms with van der Waals surface area (Å²) >= 11 is 0. The summed E-state index contributed by atoms with van der Waals surface area (Å²) < 4.78 is 12.7. The molecule has 0 saturated carbocycles. The van der Waals surface area contributed by atoms with E-state index in [2.05, 4.69) is 10.4 Å². The predicted molar refractivity (Wildman–Crippen MR) is 99.1 cm³/mol. The molecule has 7 heteroatoms. The van der Waals surface area contributed by atoms with Crippen molar-refractivity contribution in [2.75, 3.05) is 19.8 Å². The van der Waals surface area contributed by atoms with Crippen molar-refractivity contribution in [3.63, 3.8) is 0 Å². The quantitative estimate of drug-likeness (QED) is 0.767. The van der Waals surface area contributed by atoms with Crippen molar-refractivity contribution in [1.29, 1.82) is 0 Å². The molecule has 1 aliphatic rings. The van der Waals surface area contributed by atoms with Crippen molar-refractivity contribution in [3.05, 3.63) is 46.3 Å². The summed E-state index contributed by atoms with van der Waals surface area (Å²) in [6.07, 6.45) is 2.65. The molecule has 7 nitrogen and oxygen atoms in total. The lowest BCUT2D eigenvalue weighted by Crippen LogP contribution is -2.51. The summed E-state index contributed by atoms with van der Waals surface area (Å²) in [5.74, 6) is -0.245. The number of para-hydroxylation sites is 1. The minimum Gasteiger partial charge on any atom is -0.379 e. The van der Waals surface area contributed by atoms with E-state index in [4.69, 9.17) is 9.47 Å². The van der Waals surface area contributed by atoms with E-state index < -0.39 is 0 Å². The topological polar surface area (TPSA) is 85.3 Å². The molecule has 0 radical (unpaired) electrons. The van der Waals surface area contributed by atoms with Gasteiger partial charge in [-0.3, -0.25) is 14.7 Å². The fourth-order valence-corrected chi connectivity index (χ4v) is 3.01. The molecule has 2 aromatic rings. The van der Waals surface area contributed by atoms with Crippen molar-refractivity contribution in [2.45, 2.75) is 39.0 Å². The Morgan fingerprint density at radius 1 is 1.42 bits per heavy atom. The summed E-state index contributed by atoms with van der Waals surface area (Å²) in [6, 6.07) is 6.98. The van der Waals surface area contributed by atoms with E-state index in [9.17, 15) is 9.59 Å². The number of ether oxygens (including phenoxy) is 2. The van der Waals surface area contributed by atoms with Crippen LogP contribution in [0.4, 0.5) is 0 Å². The molecule has 1 aromatic heterocycles. The average Bonchev–Trinajstić information content (AvgIpc) is 2.92. The van der Waals surface area contributed by atoms with Crippen LogP contribution in [0, 0.1) is 0 Å². The van der Waals surface area contributed by atoms with E-state index in [1.54, 1.807) is 12.1 Å². The van der Waals surface area contributed by atoms with Gasteiger partial charge in [-0.2, -0.15) is 0 Å². The predicted octanol–water partition coefficient (Wildman–Crippen LogP) is 1.59. The van der Waals surface area contributed by atoms with Gasteiger partial charge in [0.2, 0.25) is 5.91 Å². The standard InChI is InChI=1S/C19H25N3O4/c1-13(2)7-10-26-17-8-9-25-12-16(17)20-18(23)11-22-19(24)14-5-3-4-6-15(14)21-22/h3-7,16-17,21H,8-12H2,1-2H3,(H,20,23)/t16-,17+/m0/s1. The summed E-state index contributed by atoms with van der Waals surface area (Å²) in [7, 11) is 0. The van der Waals surface area contributed by atoms with Crippen LogP contribution in [0.15, 0.2) is 40.7 Å². The van der Waals surface area contributed by atoms with Gasteiger partial charge in [0, 0.05) is 6.61 Å². The number of carbonyl (C=O) groups excluding carboxylic acids is 1. The van der Waals surface area contributed by atoms with Crippen molar-refractivity contribution in [2.24, 2.45) is 0 Å². The third-order valence-electron chi connectivity index (χ3n) is 4.40. The second-order valence-corrected chi connectivity index (χ2v) is 6.74. The smallest absolute Gasteiger partial charge is 0.274 e. The second kappa shape index (κ2) is 8.33. The van der Waals surface area contributed by atoms with Gasteiger partial charge in [0.05, 0.1) is 36.3 Å². The maximum Gasteiger partial charge on any atom is 0.274 e. The van der Waals surface area contributed by atoms with E-state index in [1.165, 1.54) is 10.3 Å². The first-order chi connectivity index (χ1) is 12.5. The summed E-state index contributed by atoms with van der Waals surface area (Å²) in [6.45, 7) is 5.51. The first-order valence-electron chi connectivity index (χ1n) is 8.84. The van der Waals surface area contributed by atoms with Crippen LogP contribution in [0.2, 0.25) is 0 Å². The van der Waals surface area contributed by atoms with Crippen LogP contribution in [0.25, 0.3) is 10.9 Å². The van der Waals surface area contributed by atoms with Gasteiger partial charge >= 0.3 is 0 Å². The number of aromatic amines is 1. The Bertz CT molecular complexity index is 848. The molecule has 140 valence electrons. The molecular formula is C19H25N3O4. The monoisotopic (exact) mass is 359 g/mol. The van der Waals surface area contributed by atoms with Crippen LogP contribution in [0.1, 0.15) is 20.3 Å². The Kier molecular flexibility index (Phi) is 5.90. The number of hydrogen-bond acceptors (Lipinski definition) is 4. The number of hydrogen-bond donors (Lipinski definition) is 2. The Morgan fingerprint density at radius 3 is 3.00 bits per heavy atom. The fourth-order valence-electron chi connectivity index (χ4n) is 3.01. The molecule has 2 heterocycles. The van der Waals surface area contributed by atoms with Crippen LogP contribution in [-0.2, 0) is 20.8 Å². The van der Waals surface area contributed by atoms with Crippen LogP contribution < -0.4 is 10.9 Å². The molecule has 0 spiro atoms. The van der Waals surface area contributed by atoms with Gasteiger partial charge in [-0.1, -0.05) is 23.8 Å². The first-order valence-corrected chi connectivity index (χ1v) is 8.84. The molecule has 1 aliphatic heterocycles. The highest BCUT2D eigenvalue weighted by Crippen LogP contribution is 2.12. The van der Waals surface area contributed by atoms with Gasteiger partial charge in [-0.25, -0.2) is 4.68 Å². The zero-order chi connectivity index (χ0) is 18.5. The number of allylic oxidation sites excluding steroid dienone is 1. The number of benzene rings is 1. The molecular weight excluding hydrogens is 334 g/mol. The molecule has 2 N–H and O–H groups in total. The van der Waals surface area contributed by atoms with E-state index >= 15 is 0 Å². The van der Waals surface area contributed by atoms with E-state index in [0.717, 1.165) is 6.42 Å². The molecule has 1 saturated heterocycles. The third kappa shape index (κ3) is 4.42. The van der Waals surface area contributed by atoms with Crippen molar-refractivity contribution in [1.82, 2.24) is 15.1 Å². The fraction of sp³-hybridized carbons (Fsp3) is 0.474. The Morgan fingerprint density at radius 2 is 2.23 bits per heavy atom. The van der Waals surface area contributed by atoms with Gasteiger partial charge in [-0.15, -0.1) is 0 Å². The number of carbonyl (C=O) groups is 1. The van der Waals surface area contributed by atoms with Gasteiger partial charge in [0.1, 0.15) is 6.54 Å². The van der Waals surface area contributed by atoms with Crippen molar-refractivity contribution in [3.8, 4) is 0 Å². The van der Waals surface area contributed by atoms with Gasteiger partial charge < -0.3 is 14.8 Å². The Balaban J connectivity index is 1.62. The van der Waals surface area contributed by atoms with E-state index in [0.29, 0.717) is 30.7 Å². The van der Waals surface area contributed by atoms with Gasteiger partial charge in [0.25, 0.3) is 5.56 Å². The summed E-state index contributed by atoms with van der Waals surface area (Å²) in [5, 5.41) is 6.47.